The molecule has 0 aliphatic carbocycles. The summed E-state index contributed by atoms with van der Waals surface area (Å²) in [6.07, 6.45) is -9.38. The van der Waals surface area contributed by atoms with E-state index in [4.69, 9.17) is 42.6 Å². The number of ether oxygens (including phenoxy) is 9. The number of hydrogen-bond donors (Lipinski definition) is 1. The van der Waals surface area contributed by atoms with Crippen molar-refractivity contribution in [1.29, 1.82) is 0 Å². The summed E-state index contributed by atoms with van der Waals surface area (Å²) < 4.78 is 49.7. The molecule has 2 heterocycles. The van der Waals surface area contributed by atoms with Crippen LogP contribution < -0.4 is 5.32 Å². The topological polar surface area (TPSA) is 232 Å². The van der Waals surface area contributed by atoms with E-state index in [0.717, 1.165) is 70.1 Å². The fraction of sp³-hybridized carbons (Fsp3) is 0.714. The Labute approximate surface area is 283 Å². The standard InChI is InChI=1S/C28H39NO17S2/c1-11(30)29-21-24(42-16(6)35)22(40-14(4)33)19(9-38-12(2)31)45-27(21)47-48-28-26(44-18(8)37)25(43-17(7)36)23(41-15(5)34)20(46-28)10-39-13(3)32/h19-28H,9-10H2,1-8H3,(H,29,30)/t19-,20-,21+,22-,23-,24-,25+,26-,27+,28+/m1/s1. The Bertz CT molecular complexity index is 1140. The maximum atomic E-state index is 12.3. The highest BCUT2D eigenvalue weighted by atomic mass is 33.1. The van der Waals surface area contributed by atoms with Crippen LogP contribution in [-0.2, 0) is 81.0 Å². The average Bonchev–Trinajstić information content (AvgIpc) is 2.93. The fourth-order valence-electron chi connectivity index (χ4n) is 4.75. The smallest absolute Gasteiger partial charge is 0.303 e. The van der Waals surface area contributed by atoms with E-state index in [9.17, 15) is 38.4 Å². The zero-order chi connectivity index (χ0) is 36.3. The number of esters is 7. The van der Waals surface area contributed by atoms with E-state index in [0.29, 0.717) is 0 Å². The second-order valence-electron chi connectivity index (χ2n) is 10.5. The molecule has 270 valence electrons. The molecule has 2 saturated heterocycles. The van der Waals surface area contributed by atoms with E-state index in [1.807, 2.05) is 0 Å². The molecule has 10 atom stereocenters. The Morgan fingerprint density at radius 2 is 0.833 bits per heavy atom. The Morgan fingerprint density at radius 3 is 1.25 bits per heavy atom. The maximum absolute atomic E-state index is 12.3. The first kappa shape index (κ1) is 40.6. The lowest BCUT2D eigenvalue weighted by Gasteiger charge is -2.46. The summed E-state index contributed by atoms with van der Waals surface area (Å²) in [6, 6.07) is -1.19. The molecule has 0 unspecified atom stereocenters. The van der Waals surface area contributed by atoms with Gasteiger partial charge < -0.3 is 47.9 Å². The molecule has 18 nitrogen and oxygen atoms in total. The predicted molar refractivity (Wildman–Crippen MR) is 161 cm³/mol. The van der Waals surface area contributed by atoms with Crippen LogP contribution in [0.2, 0.25) is 0 Å². The molecule has 1 N–H and O–H groups in total. The van der Waals surface area contributed by atoms with Crippen molar-refractivity contribution in [2.45, 2.75) is 115 Å². The van der Waals surface area contributed by atoms with Crippen molar-refractivity contribution in [3.8, 4) is 0 Å². The Kier molecular flexibility index (Phi) is 15.9. The summed E-state index contributed by atoms with van der Waals surface area (Å²) in [5.74, 6) is -5.99. The van der Waals surface area contributed by atoms with Crippen LogP contribution in [0.1, 0.15) is 55.4 Å². The van der Waals surface area contributed by atoms with E-state index in [-0.39, 0.29) is 0 Å². The third kappa shape index (κ3) is 12.8. The molecular formula is C28H39NO17S2. The van der Waals surface area contributed by atoms with Crippen LogP contribution in [-0.4, -0.2) is 121 Å². The number of hydrogen-bond acceptors (Lipinski definition) is 19. The first-order chi connectivity index (χ1) is 22.4. The fourth-order valence-corrected chi connectivity index (χ4v) is 7.62. The summed E-state index contributed by atoms with van der Waals surface area (Å²) in [5.41, 5.74) is -2.41. The molecule has 2 aliphatic heterocycles. The minimum atomic E-state index is -1.44. The second kappa shape index (κ2) is 18.8. The molecule has 2 rings (SSSR count). The normalized spacial score (nSPS) is 29.7. The van der Waals surface area contributed by atoms with Crippen LogP contribution in [0.4, 0.5) is 0 Å². The minimum absolute atomic E-state index is 0.446. The molecule has 0 aromatic heterocycles. The van der Waals surface area contributed by atoms with Gasteiger partial charge in [-0.15, -0.1) is 0 Å². The molecule has 48 heavy (non-hydrogen) atoms. The number of carbonyl (C=O) groups is 8. The highest BCUT2D eigenvalue weighted by molar-refractivity contribution is 8.77. The van der Waals surface area contributed by atoms with Crippen LogP contribution in [0.25, 0.3) is 0 Å². The monoisotopic (exact) mass is 725 g/mol. The third-order valence-corrected chi connectivity index (χ3v) is 9.01. The molecule has 0 radical (unpaired) electrons. The van der Waals surface area contributed by atoms with Crippen molar-refractivity contribution in [2.24, 2.45) is 0 Å². The molecule has 2 fully saturated rings. The molecule has 20 heteroatoms. The molecule has 2 aliphatic rings. The van der Waals surface area contributed by atoms with E-state index in [1.165, 1.54) is 6.92 Å². The Hall–Kier alpha value is -3.62. The van der Waals surface area contributed by atoms with Gasteiger partial charge in [-0.3, -0.25) is 38.4 Å². The lowest BCUT2D eigenvalue weighted by Crippen LogP contribution is -2.65. The largest absolute Gasteiger partial charge is 0.463 e. The lowest BCUT2D eigenvalue weighted by atomic mass is 9.97. The van der Waals surface area contributed by atoms with Gasteiger partial charge in [-0.05, 0) is 0 Å². The van der Waals surface area contributed by atoms with Crippen molar-refractivity contribution in [3.63, 3.8) is 0 Å². The van der Waals surface area contributed by atoms with Crippen LogP contribution in [0.3, 0.4) is 0 Å². The Balaban J connectivity index is 2.57. The van der Waals surface area contributed by atoms with Gasteiger partial charge in [-0.2, -0.15) is 0 Å². The zero-order valence-electron chi connectivity index (χ0n) is 27.4. The molecule has 1 amide bonds. The number of rotatable bonds is 13. The van der Waals surface area contributed by atoms with Crippen LogP contribution in [0, 0.1) is 0 Å². The maximum Gasteiger partial charge on any atom is 0.303 e. The minimum Gasteiger partial charge on any atom is -0.463 e. The molecule has 0 aromatic rings. The van der Waals surface area contributed by atoms with Crippen molar-refractivity contribution in [1.82, 2.24) is 5.32 Å². The van der Waals surface area contributed by atoms with E-state index >= 15 is 0 Å². The molecule has 0 aromatic carbocycles. The molecular weight excluding hydrogens is 686 g/mol. The van der Waals surface area contributed by atoms with Crippen molar-refractivity contribution >= 4 is 69.3 Å². The van der Waals surface area contributed by atoms with Gasteiger partial charge in [0, 0.05) is 55.4 Å². The summed E-state index contributed by atoms with van der Waals surface area (Å²) in [6.45, 7) is 8.00. The van der Waals surface area contributed by atoms with E-state index in [1.54, 1.807) is 0 Å². The summed E-state index contributed by atoms with van der Waals surface area (Å²) >= 11 is 0. The summed E-state index contributed by atoms with van der Waals surface area (Å²) in [4.78, 5) is 96.3. The number of amides is 1. The predicted octanol–water partition coefficient (Wildman–Crippen LogP) is 0.107. The van der Waals surface area contributed by atoms with Crippen LogP contribution in [0.15, 0.2) is 0 Å². The number of carbonyl (C=O) groups excluding carboxylic acids is 8. The van der Waals surface area contributed by atoms with Crippen LogP contribution in [0.5, 0.6) is 0 Å². The Morgan fingerprint density at radius 1 is 0.479 bits per heavy atom. The van der Waals surface area contributed by atoms with Crippen molar-refractivity contribution in [2.75, 3.05) is 13.2 Å². The van der Waals surface area contributed by atoms with E-state index < -0.39 is 121 Å². The molecule has 0 bridgehead atoms. The lowest BCUT2D eigenvalue weighted by molar-refractivity contribution is -0.237. The molecule has 0 saturated carbocycles. The highest BCUT2D eigenvalue weighted by Crippen LogP contribution is 2.44. The summed E-state index contributed by atoms with van der Waals surface area (Å²) in [5, 5.41) is 2.63. The number of nitrogens with one attached hydrogen (secondary N) is 1. The zero-order valence-corrected chi connectivity index (χ0v) is 29.1. The van der Waals surface area contributed by atoms with Crippen LogP contribution >= 0.6 is 21.6 Å². The summed E-state index contributed by atoms with van der Waals surface area (Å²) in [7, 11) is 1.72. The van der Waals surface area contributed by atoms with Crippen molar-refractivity contribution < 1.29 is 81.0 Å². The van der Waals surface area contributed by atoms with Gasteiger partial charge >= 0.3 is 41.8 Å². The highest BCUT2D eigenvalue weighted by Gasteiger charge is 2.55. The first-order valence-electron chi connectivity index (χ1n) is 14.4. The van der Waals surface area contributed by atoms with Gasteiger partial charge in [-0.25, -0.2) is 0 Å². The third-order valence-electron chi connectivity index (χ3n) is 6.26. The van der Waals surface area contributed by atoms with Gasteiger partial charge in [0.1, 0.15) is 36.9 Å². The quantitative estimate of drug-likeness (QED) is 0.151. The van der Waals surface area contributed by atoms with E-state index in [2.05, 4.69) is 5.32 Å². The first-order valence-corrected chi connectivity index (χ1v) is 16.7. The second-order valence-corrected chi connectivity index (χ2v) is 12.9. The molecule has 0 spiro atoms. The van der Waals surface area contributed by atoms with Gasteiger partial charge in [0.15, 0.2) is 36.0 Å². The SMILES string of the molecule is CC(=O)N[C@H]1[C@@H](OC(C)=O)[C@H](OC(C)=O)[C@@H](COC(C)=O)O[C@H]1SS[C@@H]1O[C@H](COC(C)=O)[C@@H](OC(C)=O)[C@H](OC(C)=O)[C@H]1OC(C)=O. The van der Waals surface area contributed by atoms with Gasteiger partial charge in [0.25, 0.3) is 0 Å². The van der Waals surface area contributed by atoms with Gasteiger partial charge in [0.2, 0.25) is 5.91 Å². The van der Waals surface area contributed by atoms with Gasteiger partial charge in [-0.1, -0.05) is 21.6 Å². The van der Waals surface area contributed by atoms with Crippen molar-refractivity contribution in [3.05, 3.63) is 0 Å². The van der Waals surface area contributed by atoms with Gasteiger partial charge in [0.05, 0.1) is 0 Å². The average molecular weight is 726 g/mol.